The molecule has 2 fully saturated rings. The molecule has 0 radical (unpaired) electrons. The number of hydrogen-bond donors (Lipinski definition) is 0. The van der Waals surface area contributed by atoms with E-state index >= 15 is 0 Å². The molecule has 7 unspecified atom stereocenters. The van der Waals surface area contributed by atoms with Crippen molar-refractivity contribution in [2.45, 2.75) is 89.8 Å². The molecule has 4 heteroatoms. The molecule has 1 nitrogen and oxygen atoms in total. The molecule has 2 aliphatic carbocycles. The van der Waals surface area contributed by atoms with Gasteiger partial charge in [-0.05, 0) is 56.3 Å². The average Bonchev–Trinajstić information content (AvgIpc) is 2.51. The van der Waals surface area contributed by atoms with E-state index in [9.17, 15) is 13.2 Å². The van der Waals surface area contributed by atoms with Gasteiger partial charge in [0.25, 0.3) is 0 Å². The zero-order chi connectivity index (χ0) is 16.1. The number of unbranched alkanes of at least 4 members (excludes halogenated alkanes) is 2. The topological polar surface area (TPSA) is 9.23 Å². The van der Waals surface area contributed by atoms with E-state index in [1.54, 1.807) is 6.92 Å². The van der Waals surface area contributed by atoms with Crippen molar-refractivity contribution in [3.05, 3.63) is 0 Å². The van der Waals surface area contributed by atoms with Gasteiger partial charge in [0.1, 0.15) is 18.5 Å². The third-order valence-electron chi connectivity index (χ3n) is 5.65. The van der Waals surface area contributed by atoms with E-state index in [1.165, 1.54) is 0 Å². The van der Waals surface area contributed by atoms with Crippen molar-refractivity contribution in [3.8, 4) is 0 Å². The van der Waals surface area contributed by atoms with E-state index in [2.05, 4.69) is 6.92 Å². The van der Waals surface area contributed by atoms with Gasteiger partial charge >= 0.3 is 0 Å². The first kappa shape index (κ1) is 18.1. The monoisotopic (exact) mass is 320 g/mol. The first-order valence-electron chi connectivity index (χ1n) is 9.08. The predicted molar refractivity (Wildman–Crippen MR) is 83.2 cm³/mol. The molecule has 0 aromatic heterocycles. The zero-order valence-corrected chi connectivity index (χ0v) is 13.9. The second kappa shape index (κ2) is 8.56. The highest BCUT2D eigenvalue weighted by molar-refractivity contribution is 4.93. The second-order valence-electron chi connectivity index (χ2n) is 7.31. The highest BCUT2D eigenvalue weighted by atomic mass is 19.2. The molecule has 0 N–H and O–H groups in total. The van der Waals surface area contributed by atoms with Crippen LogP contribution in [0.15, 0.2) is 0 Å². The minimum atomic E-state index is -1.41. The molecule has 2 aliphatic rings. The van der Waals surface area contributed by atoms with E-state index in [4.69, 9.17) is 4.74 Å². The molecule has 7 atom stereocenters. The fourth-order valence-electron chi connectivity index (χ4n) is 4.10. The van der Waals surface area contributed by atoms with Crippen LogP contribution < -0.4 is 0 Å². The van der Waals surface area contributed by atoms with Crippen molar-refractivity contribution in [1.29, 1.82) is 0 Å². The normalized spacial score (nSPS) is 43.2. The Bertz CT molecular complexity index is 325. The Labute approximate surface area is 133 Å². The molecular formula is C18H31F3O. The Balaban J connectivity index is 1.79. The lowest BCUT2D eigenvalue weighted by Crippen LogP contribution is -2.44. The van der Waals surface area contributed by atoms with Crippen LogP contribution in [0, 0.1) is 17.8 Å². The van der Waals surface area contributed by atoms with Gasteiger partial charge in [0.05, 0.1) is 6.10 Å². The predicted octanol–water partition coefficient (Wildman–Crippen LogP) is 5.42. The lowest BCUT2D eigenvalue weighted by atomic mass is 9.69. The number of rotatable bonds is 6. The SMILES string of the molecule is CCCCCOC1CCC(C2CCC(C)C(F)C2F)CC1F. The quantitative estimate of drug-likeness (QED) is 0.594. The summed E-state index contributed by atoms with van der Waals surface area (Å²) in [6, 6.07) is 0. The number of ether oxygens (including phenoxy) is 1. The van der Waals surface area contributed by atoms with Gasteiger partial charge in [-0.3, -0.25) is 0 Å². The lowest BCUT2D eigenvalue weighted by Gasteiger charge is -2.41. The molecule has 0 aromatic carbocycles. The van der Waals surface area contributed by atoms with E-state index in [-0.39, 0.29) is 23.9 Å². The van der Waals surface area contributed by atoms with Gasteiger partial charge in [0.2, 0.25) is 0 Å². The summed E-state index contributed by atoms with van der Waals surface area (Å²) < 4.78 is 48.1. The van der Waals surface area contributed by atoms with E-state index in [1.807, 2.05) is 0 Å². The van der Waals surface area contributed by atoms with Crippen LogP contribution in [-0.4, -0.2) is 31.2 Å². The smallest absolute Gasteiger partial charge is 0.134 e. The molecular weight excluding hydrogens is 289 g/mol. The van der Waals surface area contributed by atoms with Crippen LogP contribution in [0.4, 0.5) is 13.2 Å². The summed E-state index contributed by atoms with van der Waals surface area (Å²) in [7, 11) is 0. The Hall–Kier alpha value is -0.250. The summed E-state index contributed by atoms with van der Waals surface area (Å²) >= 11 is 0. The van der Waals surface area contributed by atoms with Gasteiger partial charge < -0.3 is 4.74 Å². The van der Waals surface area contributed by atoms with Crippen LogP contribution in [0.2, 0.25) is 0 Å². The summed E-state index contributed by atoms with van der Waals surface area (Å²) in [5.74, 6) is -0.526. The van der Waals surface area contributed by atoms with Crippen molar-refractivity contribution in [1.82, 2.24) is 0 Å². The van der Waals surface area contributed by atoms with Gasteiger partial charge in [-0.15, -0.1) is 0 Å². The van der Waals surface area contributed by atoms with E-state index < -0.39 is 18.5 Å². The zero-order valence-electron chi connectivity index (χ0n) is 13.9. The minimum Gasteiger partial charge on any atom is -0.375 e. The van der Waals surface area contributed by atoms with Crippen LogP contribution in [-0.2, 0) is 4.74 Å². The molecule has 0 bridgehead atoms. The third kappa shape index (κ3) is 4.39. The highest BCUT2D eigenvalue weighted by Crippen LogP contribution is 2.43. The molecule has 22 heavy (non-hydrogen) atoms. The van der Waals surface area contributed by atoms with Gasteiger partial charge in [0, 0.05) is 6.61 Å². The van der Waals surface area contributed by atoms with Crippen LogP contribution in [0.3, 0.4) is 0 Å². The molecule has 0 saturated heterocycles. The van der Waals surface area contributed by atoms with E-state index in [0.29, 0.717) is 25.9 Å². The summed E-state index contributed by atoms with van der Waals surface area (Å²) in [5, 5.41) is 0. The van der Waals surface area contributed by atoms with Crippen LogP contribution in [0.5, 0.6) is 0 Å². The molecule has 0 spiro atoms. The van der Waals surface area contributed by atoms with Gasteiger partial charge in [0.15, 0.2) is 0 Å². The largest absolute Gasteiger partial charge is 0.375 e. The maximum atomic E-state index is 14.3. The third-order valence-corrected chi connectivity index (χ3v) is 5.65. The van der Waals surface area contributed by atoms with Crippen LogP contribution in [0.1, 0.15) is 65.2 Å². The first-order valence-corrected chi connectivity index (χ1v) is 9.08. The number of alkyl halides is 3. The van der Waals surface area contributed by atoms with Gasteiger partial charge in [-0.25, -0.2) is 13.2 Å². The molecule has 0 aliphatic heterocycles. The molecule has 130 valence electrons. The maximum Gasteiger partial charge on any atom is 0.134 e. The Morgan fingerprint density at radius 3 is 2.41 bits per heavy atom. The summed E-state index contributed by atoms with van der Waals surface area (Å²) in [5.41, 5.74) is 0. The standard InChI is InChI=1S/C18H31F3O/c1-3-4-5-10-22-16-9-7-13(11-15(16)19)14-8-6-12(2)17(20)18(14)21/h12-18H,3-11H2,1-2H3. The maximum absolute atomic E-state index is 14.3. The van der Waals surface area contributed by atoms with Crippen molar-refractivity contribution in [2.75, 3.05) is 6.61 Å². The highest BCUT2D eigenvalue weighted by Gasteiger charge is 2.44. The lowest BCUT2D eigenvalue weighted by molar-refractivity contribution is -0.0645. The average molecular weight is 320 g/mol. The fraction of sp³-hybridized carbons (Fsp3) is 1.00. The van der Waals surface area contributed by atoms with Crippen molar-refractivity contribution in [3.63, 3.8) is 0 Å². The van der Waals surface area contributed by atoms with Crippen LogP contribution in [0.25, 0.3) is 0 Å². The summed E-state index contributed by atoms with van der Waals surface area (Å²) in [6.07, 6.45) is 2.22. The van der Waals surface area contributed by atoms with Crippen molar-refractivity contribution in [2.24, 2.45) is 17.8 Å². The first-order chi connectivity index (χ1) is 10.5. The Morgan fingerprint density at radius 2 is 1.73 bits per heavy atom. The minimum absolute atomic E-state index is 0.0220. The molecule has 0 aromatic rings. The molecule has 0 amide bonds. The van der Waals surface area contributed by atoms with Crippen LogP contribution >= 0.6 is 0 Å². The van der Waals surface area contributed by atoms with Crippen molar-refractivity contribution >= 4 is 0 Å². The Morgan fingerprint density at radius 1 is 0.955 bits per heavy atom. The van der Waals surface area contributed by atoms with E-state index in [0.717, 1.165) is 32.1 Å². The number of halogens is 3. The summed E-state index contributed by atoms with van der Waals surface area (Å²) in [6.45, 7) is 4.51. The summed E-state index contributed by atoms with van der Waals surface area (Å²) in [4.78, 5) is 0. The Kier molecular flexibility index (Phi) is 7.04. The number of hydrogen-bond acceptors (Lipinski definition) is 1. The molecule has 0 heterocycles. The van der Waals surface area contributed by atoms with Gasteiger partial charge in [-0.1, -0.05) is 26.7 Å². The molecule has 2 saturated carbocycles. The van der Waals surface area contributed by atoms with Crippen molar-refractivity contribution < 1.29 is 17.9 Å². The fourth-order valence-corrected chi connectivity index (χ4v) is 4.10. The second-order valence-corrected chi connectivity index (χ2v) is 7.31. The molecule has 2 rings (SSSR count). The van der Waals surface area contributed by atoms with Gasteiger partial charge in [-0.2, -0.15) is 0 Å².